The summed E-state index contributed by atoms with van der Waals surface area (Å²) in [5, 5.41) is 0. The molecule has 1 heterocycles. The normalized spacial score (nSPS) is 16.3. The highest BCUT2D eigenvalue weighted by molar-refractivity contribution is 5.69. The van der Waals surface area contributed by atoms with Gasteiger partial charge < -0.3 is 14.4 Å². The summed E-state index contributed by atoms with van der Waals surface area (Å²) in [5.41, 5.74) is 1.33. The number of amides is 1. The van der Waals surface area contributed by atoms with Gasteiger partial charge in [0.25, 0.3) is 0 Å². The summed E-state index contributed by atoms with van der Waals surface area (Å²) in [5.74, 6) is 1.42. The van der Waals surface area contributed by atoms with E-state index in [0.717, 1.165) is 12.2 Å². The fraction of sp³-hybridized carbons (Fsp3) is 0.533. The first kappa shape index (κ1) is 13.7. The number of carbonyl (C=O) groups excluding carboxylic acids is 1. The average Bonchev–Trinajstić information content (AvgIpc) is 2.84. The van der Waals surface area contributed by atoms with E-state index >= 15 is 0 Å². The third-order valence-corrected chi connectivity index (χ3v) is 3.54. The van der Waals surface area contributed by atoms with Crippen LogP contribution in [-0.2, 0) is 4.74 Å². The van der Waals surface area contributed by atoms with Gasteiger partial charge in [0.1, 0.15) is 19.0 Å². The van der Waals surface area contributed by atoms with Crippen LogP contribution in [0.25, 0.3) is 0 Å². The SMILES string of the molecule is CCC(C)c1ccc(OCCN2CCOC2=O)cc1. The van der Waals surface area contributed by atoms with Crippen molar-refractivity contribution in [2.75, 3.05) is 26.3 Å². The van der Waals surface area contributed by atoms with Crippen LogP contribution in [0.4, 0.5) is 4.79 Å². The van der Waals surface area contributed by atoms with Crippen LogP contribution in [-0.4, -0.2) is 37.3 Å². The van der Waals surface area contributed by atoms with Crippen molar-refractivity contribution in [2.45, 2.75) is 26.2 Å². The smallest absolute Gasteiger partial charge is 0.410 e. The molecule has 1 aliphatic rings. The molecule has 4 nitrogen and oxygen atoms in total. The number of benzene rings is 1. The summed E-state index contributed by atoms with van der Waals surface area (Å²) in [4.78, 5) is 12.9. The topological polar surface area (TPSA) is 38.8 Å². The molecule has 1 amide bonds. The fourth-order valence-electron chi connectivity index (χ4n) is 2.03. The molecule has 0 aromatic heterocycles. The van der Waals surface area contributed by atoms with E-state index in [4.69, 9.17) is 9.47 Å². The van der Waals surface area contributed by atoms with E-state index in [2.05, 4.69) is 26.0 Å². The average molecular weight is 263 g/mol. The standard InChI is InChI=1S/C15H21NO3/c1-3-12(2)13-4-6-14(7-5-13)18-10-8-16-9-11-19-15(16)17/h4-7,12H,3,8-11H2,1-2H3. The van der Waals surface area contributed by atoms with Gasteiger partial charge in [-0.15, -0.1) is 0 Å². The molecule has 4 heteroatoms. The van der Waals surface area contributed by atoms with Crippen LogP contribution in [0, 0.1) is 0 Å². The summed E-state index contributed by atoms with van der Waals surface area (Å²) in [6.45, 7) is 6.63. The Morgan fingerprint density at radius 2 is 2.11 bits per heavy atom. The Kier molecular flexibility index (Phi) is 4.66. The van der Waals surface area contributed by atoms with E-state index in [9.17, 15) is 4.79 Å². The van der Waals surface area contributed by atoms with E-state index in [1.54, 1.807) is 4.90 Å². The molecule has 1 atom stereocenters. The lowest BCUT2D eigenvalue weighted by Crippen LogP contribution is -2.29. The van der Waals surface area contributed by atoms with Gasteiger partial charge in [0, 0.05) is 0 Å². The van der Waals surface area contributed by atoms with Crippen molar-refractivity contribution < 1.29 is 14.3 Å². The zero-order valence-corrected chi connectivity index (χ0v) is 11.6. The summed E-state index contributed by atoms with van der Waals surface area (Å²) in [6.07, 6.45) is 0.896. The molecule has 0 spiro atoms. The minimum atomic E-state index is -0.240. The second-order valence-electron chi connectivity index (χ2n) is 4.83. The molecule has 19 heavy (non-hydrogen) atoms. The molecular weight excluding hydrogens is 242 g/mol. The maximum atomic E-state index is 11.2. The molecule has 0 radical (unpaired) electrons. The summed E-state index contributed by atoms with van der Waals surface area (Å²) < 4.78 is 10.5. The van der Waals surface area contributed by atoms with E-state index in [-0.39, 0.29) is 6.09 Å². The number of carbonyl (C=O) groups is 1. The van der Waals surface area contributed by atoms with Crippen LogP contribution in [0.3, 0.4) is 0 Å². The van der Waals surface area contributed by atoms with Gasteiger partial charge in [0.2, 0.25) is 0 Å². The number of hydrogen-bond donors (Lipinski definition) is 0. The van der Waals surface area contributed by atoms with Crippen molar-refractivity contribution in [3.05, 3.63) is 29.8 Å². The molecule has 1 aliphatic heterocycles. The van der Waals surface area contributed by atoms with Crippen molar-refractivity contribution in [3.8, 4) is 5.75 Å². The lowest BCUT2D eigenvalue weighted by atomic mass is 9.99. The van der Waals surface area contributed by atoms with Gasteiger partial charge in [-0.05, 0) is 30.0 Å². The van der Waals surface area contributed by atoms with Gasteiger partial charge in [0.05, 0.1) is 13.1 Å². The molecule has 0 N–H and O–H groups in total. The number of cyclic esters (lactones) is 1. The van der Waals surface area contributed by atoms with Gasteiger partial charge in [-0.2, -0.15) is 0 Å². The van der Waals surface area contributed by atoms with Crippen molar-refractivity contribution in [2.24, 2.45) is 0 Å². The number of ether oxygens (including phenoxy) is 2. The van der Waals surface area contributed by atoms with Crippen LogP contribution in [0.2, 0.25) is 0 Å². The van der Waals surface area contributed by atoms with Crippen LogP contribution < -0.4 is 4.74 Å². The summed E-state index contributed by atoms with van der Waals surface area (Å²) in [6, 6.07) is 8.19. The molecule has 1 fully saturated rings. The highest BCUT2D eigenvalue weighted by Gasteiger charge is 2.21. The predicted octanol–water partition coefficient (Wildman–Crippen LogP) is 3.03. The van der Waals surface area contributed by atoms with Crippen molar-refractivity contribution in [1.82, 2.24) is 4.90 Å². The lowest BCUT2D eigenvalue weighted by Gasteiger charge is -2.14. The van der Waals surface area contributed by atoms with Crippen molar-refractivity contribution in [1.29, 1.82) is 0 Å². The Bertz CT molecular complexity index is 416. The monoisotopic (exact) mass is 263 g/mol. The van der Waals surface area contributed by atoms with Gasteiger partial charge >= 0.3 is 6.09 Å². The molecule has 1 unspecified atom stereocenters. The van der Waals surface area contributed by atoms with Crippen LogP contribution in [0.5, 0.6) is 5.75 Å². The van der Waals surface area contributed by atoms with Crippen LogP contribution in [0.1, 0.15) is 31.7 Å². The van der Waals surface area contributed by atoms with Crippen molar-refractivity contribution in [3.63, 3.8) is 0 Å². The maximum absolute atomic E-state index is 11.2. The Morgan fingerprint density at radius 1 is 1.37 bits per heavy atom. The number of hydrogen-bond acceptors (Lipinski definition) is 3. The number of nitrogens with zero attached hydrogens (tertiary/aromatic N) is 1. The fourth-order valence-corrected chi connectivity index (χ4v) is 2.03. The van der Waals surface area contributed by atoms with Gasteiger partial charge in [-0.25, -0.2) is 4.79 Å². The number of rotatable bonds is 6. The second-order valence-corrected chi connectivity index (χ2v) is 4.83. The Balaban J connectivity index is 1.78. The molecule has 0 aliphatic carbocycles. The molecule has 1 aromatic carbocycles. The summed E-state index contributed by atoms with van der Waals surface area (Å²) >= 11 is 0. The molecule has 2 rings (SSSR count). The first-order valence-electron chi connectivity index (χ1n) is 6.85. The zero-order chi connectivity index (χ0) is 13.7. The molecule has 0 bridgehead atoms. The largest absolute Gasteiger partial charge is 0.492 e. The minimum absolute atomic E-state index is 0.240. The summed E-state index contributed by atoms with van der Waals surface area (Å²) in [7, 11) is 0. The molecule has 104 valence electrons. The Morgan fingerprint density at radius 3 is 2.68 bits per heavy atom. The van der Waals surface area contributed by atoms with Crippen molar-refractivity contribution >= 4 is 6.09 Å². The van der Waals surface area contributed by atoms with Gasteiger partial charge in [-0.3, -0.25) is 0 Å². The molecular formula is C15H21NO3. The van der Waals surface area contributed by atoms with E-state index in [1.807, 2.05) is 12.1 Å². The third-order valence-electron chi connectivity index (χ3n) is 3.54. The van der Waals surface area contributed by atoms with Gasteiger partial charge in [-0.1, -0.05) is 26.0 Å². The van der Waals surface area contributed by atoms with E-state index in [1.165, 1.54) is 5.56 Å². The lowest BCUT2D eigenvalue weighted by molar-refractivity contribution is 0.153. The molecule has 0 saturated carbocycles. The van der Waals surface area contributed by atoms with E-state index < -0.39 is 0 Å². The maximum Gasteiger partial charge on any atom is 0.410 e. The second kappa shape index (κ2) is 6.45. The van der Waals surface area contributed by atoms with Crippen LogP contribution >= 0.6 is 0 Å². The Labute approximate surface area is 114 Å². The molecule has 1 saturated heterocycles. The minimum Gasteiger partial charge on any atom is -0.492 e. The van der Waals surface area contributed by atoms with Crippen LogP contribution in [0.15, 0.2) is 24.3 Å². The molecule has 1 aromatic rings. The van der Waals surface area contributed by atoms with Gasteiger partial charge in [0.15, 0.2) is 0 Å². The Hall–Kier alpha value is -1.71. The predicted molar refractivity (Wildman–Crippen MR) is 73.6 cm³/mol. The van der Waals surface area contributed by atoms with E-state index in [0.29, 0.717) is 32.2 Å². The first-order valence-corrected chi connectivity index (χ1v) is 6.85. The zero-order valence-electron chi connectivity index (χ0n) is 11.6. The highest BCUT2D eigenvalue weighted by Crippen LogP contribution is 2.21. The third kappa shape index (κ3) is 3.63. The first-order chi connectivity index (χ1) is 9.20. The quantitative estimate of drug-likeness (QED) is 0.792. The highest BCUT2D eigenvalue weighted by atomic mass is 16.6.